The molecule has 1 heterocycles. The molecule has 0 radical (unpaired) electrons. The first-order valence-corrected chi connectivity index (χ1v) is 9.06. The Balaban J connectivity index is 1.49. The fourth-order valence-corrected chi connectivity index (χ4v) is 3.52. The Kier molecular flexibility index (Phi) is 5.58. The zero-order chi connectivity index (χ0) is 18.5. The number of phenolic OH excluding ortho intramolecular Hbond substituents is 1. The Morgan fingerprint density at radius 3 is 2.42 bits per heavy atom. The van der Waals surface area contributed by atoms with Crippen molar-refractivity contribution in [2.24, 2.45) is 0 Å². The van der Waals surface area contributed by atoms with Gasteiger partial charge in [-0.3, -0.25) is 19.7 Å². The molecule has 0 bridgehead atoms. The van der Waals surface area contributed by atoms with Gasteiger partial charge in [0.05, 0.1) is 10.8 Å². The molecule has 0 saturated carbocycles. The zero-order valence-corrected chi connectivity index (χ0v) is 14.7. The molecule has 1 aliphatic heterocycles. The van der Waals surface area contributed by atoms with Crippen LogP contribution in [0.2, 0.25) is 0 Å². The Morgan fingerprint density at radius 1 is 1.08 bits per heavy atom. The standard InChI is InChI=1S/C19H18N2O4S/c22-15-4-2-1-3-14(15)17(23)20-10-9-12-5-7-13(8-6-12)11-16-18(24)21-19(25)26-16/h1-8,16,22H,9-11H2,(H,20,23)(H,21,24,25)/t16-/m1/s1. The maximum Gasteiger partial charge on any atom is 0.286 e. The van der Waals surface area contributed by atoms with Crippen molar-refractivity contribution in [3.05, 3.63) is 65.2 Å². The van der Waals surface area contributed by atoms with E-state index >= 15 is 0 Å². The molecule has 6 nitrogen and oxygen atoms in total. The van der Waals surface area contributed by atoms with Crippen LogP contribution in [-0.4, -0.2) is 34.0 Å². The minimum absolute atomic E-state index is 0.0401. The van der Waals surface area contributed by atoms with Crippen LogP contribution in [0.5, 0.6) is 5.75 Å². The number of rotatable bonds is 6. The summed E-state index contributed by atoms with van der Waals surface area (Å²) in [5, 5.41) is 14.1. The summed E-state index contributed by atoms with van der Waals surface area (Å²) in [7, 11) is 0. The normalized spacial score (nSPS) is 16.4. The number of carbonyl (C=O) groups excluding carboxylic acids is 3. The predicted molar refractivity (Wildman–Crippen MR) is 99.2 cm³/mol. The van der Waals surface area contributed by atoms with E-state index in [4.69, 9.17) is 0 Å². The maximum absolute atomic E-state index is 12.0. The van der Waals surface area contributed by atoms with E-state index in [1.807, 2.05) is 24.3 Å². The Morgan fingerprint density at radius 2 is 1.77 bits per heavy atom. The van der Waals surface area contributed by atoms with Crippen molar-refractivity contribution in [1.29, 1.82) is 0 Å². The molecule has 2 aromatic carbocycles. The van der Waals surface area contributed by atoms with E-state index in [9.17, 15) is 19.5 Å². The van der Waals surface area contributed by atoms with Crippen LogP contribution in [0.25, 0.3) is 0 Å². The average Bonchev–Trinajstić information content (AvgIpc) is 2.94. The van der Waals surface area contributed by atoms with E-state index in [-0.39, 0.29) is 33.6 Å². The van der Waals surface area contributed by atoms with Gasteiger partial charge < -0.3 is 10.4 Å². The van der Waals surface area contributed by atoms with Crippen LogP contribution < -0.4 is 10.6 Å². The number of imide groups is 1. The van der Waals surface area contributed by atoms with Gasteiger partial charge in [-0.2, -0.15) is 0 Å². The van der Waals surface area contributed by atoms with Crippen LogP contribution in [0.15, 0.2) is 48.5 Å². The second-order valence-corrected chi connectivity index (χ2v) is 7.10. The Labute approximate surface area is 155 Å². The number of carbonyl (C=O) groups is 3. The highest BCUT2D eigenvalue weighted by atomic mass is 32.2. The molecule has 1 atom stereocenters. The summed E-state index contributed by atoms with van der Waals surface area (Å²) in [6.07, 6.45) is 1.16. The third-order valence-electron chi connectivity index (χ3n) is 4.06. The van der Waals surface area contributed by atoms with Crippen molar-refractivity contribution >= 4 is 28.8 Å². The fourth-order valence-electron chi connectivity index (χ4n) is 2.66. The molecule has 0 spiro atoms. The first-order chi connectivity index (χ1) is 12.5. The highest BCUT2D eigenvalue weighted by Crippen LogP contribution is 2.23. The van der Waals surface area contributed by atoms with Gasteiger partial charge in [-0.1, -0.05) is 48.2 Å². The summed E-state index contributed by atoms with van der Waals surface area (Å²) in [5.41, 5.74) is 2.28. The lowest BCUT2D eigenvalue weighted by Crippen LogP contribution is -2.26. The second-order valence-electron chi connectivity index (χ2n) is 5.93. The number of phenols is 1. The van der Waals surface area contributed by atoms with Gasteiger partial charge in [0.1, 0.15) is 5.75 Å². The fraction of sp³-hybridized carbons (Fsp3) is 0.211. The van der Waals surface area contributed by atoms with Gasteiger partial charge in [-0.15, -0.1) is 0 Å². The molecule has 0 aliphatic carbocycles. The van der Waals surface area contributed by atoms with Crippen LogP contribution in [0, 0.1) is 0 Å². The summed E-state index contributed by atoms with van der Waals surface area (Å²) < 4.78 is 0. The molecule has 134 valence electrons. The van der Waals surface area contributed by atoms with Crippen molar-refractivity contribution < 1.29 is 19.5 Å². The lowest BCUT2D eigenvalue weighted by Gasteiger charge is -2.08. The minimum Gasteiger partial charge on any atom is -0.507 e. The van der Waals surface area contributed by atoms with Crippen molar-refractivity contribution in [3.63, 3.8) is 0 Å². The molecular formula is C19H18N2O4S. The molecule has 1 fully saturated rings. The van der Waals surface area contributed by atoms with Crippen LogP contribution >= 0.6 is 11.8 Å². The van der Waals surface area contributed by atoms with Gasteiger partial charge in [0.2, 0.25) is 5.91 Å². The van der Waals surface area contributed by atoms with Crippen molar-refractivity contribution in [1.82, 2.24) is 10.6 Å². The highest BCUT2D eigenvalue weighted by Gasteiger charge is 2.31. The summed E-state index contributed by atoms with van der Waals surface area (Å²) in [6, 6.07) is 14.2. The third kappa shape index (κ3) is 4.43. The number of aromatic hydroxyl groups is 1. The number of para-hydroxylation sites is 1. The number of hydrogen-bond donors (Lipinski definition) is 3. The summed E-state index contributed by atoms with van der Waals surface area (Å²) >= 11 is 1.02. The Hall–Kier alpha value is -2.80. The van der Waals surface area contributed by atoms with E-state index in [0.717, 1.165) is 22.9 Å². The van der Waals surface area contributed by atoms with Crippen molar-refractivity contribution in [2.45, 2.75) is 18.1 Å². The molecule has 3 N–H and O–H groups in total. The molecule has 0 unspecified atom stereocenters. The molecule has 26 heavy (non-hydrogen) atoms. The number of hydrogen-bond acceptors (Lipinski definition) is 5. The van der Waals surface area contributed by atoms with Crippen LogP contribution in [0.3, 0.4) is 0 Å². The molecule has 3 rings (SSSR count). The van der Waals surface area contributed by atoms with Crippen molar-refractivity contribution in [3.8, 4) is 5.75 Å². The van der Waals surface area contributed by atoms with E-state index in [0.29, 0.717) is 19.4 Å². The monoisotopic (exact) mass is 370 g/mol. The predicted octanol–water partition coefficient (Wildman–Crippen LogP) is 2.26. The first kappa shape index (κ1) is 18.0. The molecule has 3 amide bonds. The number of benzene rings is 2. The van der Waals surface area contributed by atoms with E-state index < -0.39 is 0 Å². The van der Waals surface area contributed by atoms with Crippen molar-refractivity contribution in [2.75, 3.05) is 6.54 Å². The van der Waals surface area contributed by atoms with Gasteiger partial charge in [0, 0.05) is 6.54 Å². The van der Waals surface area contributed by atoms with Crippen LogP contribution in [0.4, 0.5) is 4.79 Å². The number of nitrogens with one attached hydrogen (secondary N) is 2. The molecule has 1 saturated heterocycles. The summed E-state index contributed by atoms with van der Waals surface area (Å²) in [6.45, 7) is 0.446. The van der Waals surface area contributed by atoms with Gasteiger partial charge in [0.25, 0.3) is 11.1 Å². The maximum atomic E-state index is 12.0. The molecule has 7 heteroatoms. The quantitative estimate of drug-likeness (QED) is 0.725. The minimum atomic E-state index is -0.369. The molecule has 2 aromatic rings. The zero-order valence-electron chi connectivity index (χ0n) is 13.9. The molecular weight excluding hydrogens is 352 g/mol. The van der Waals surface area contributed by atoms with E-state index in [1.165, 1.54) is 6.07 Å². The van der Waals surface area contributed by atoms with Gasteiger partial charge in [0.15, 0.2) is 0 Å². The number of amides is 3. The average molecular weight is 370 g/mol. The lowest BCUT2D eigenvalue weighted by atomic mass is 10.1. The third-order valence-corrected chi connectivity index (χ3v) is 5.04. The second kappa shape index (κ2) is 8.05. The summed E-state index contributed by atoms with van der Waals surface area (Å²) in [4.78, 5) is 34.8. The highest BCUT2D eigenvalue weighted by molar-refractivity contribution is 8.15. The topological polar surface area (TPSA) is 95.5 Å². The van der Waals surface area contributed by atoms with Crippen LogP contribution in [0.1, 0.15) is 21.5 Å². The molecule has 0 aromatic heterocycles. The van der Waals surface area contributed by atoms with Gasteiger partial charge in [-0.25, -0.2) is 0 Å². The van der Waals surface area contributed by atoms with Gasteiger partial charge >= 0.3 is 0 Å². The largest absolute Gasteiger partial charge is 0.507 e. The SMILES string of the molecule is O=C1NC(=O)[C@@H](Cc2ccc(CCNC(=O)c3ccccc3O)cc2)S1. The number of thioether (sulfide) groups is 1. The molecule has 1 aliphatic rings. The van der Waals surface area contributed by atoms with Gasteiger partial charge in [-0.05, 0) is 36.1 Å². The summed E-state index contributed by atoms with van der Waals surface area (Å²) in [5.74, 6) is -0.591. The Bertz CT molecular complexity index is 836. The first-order valence-electron chi connectivity index (χ1n) is 8.18. The van der Waals surface area contributed by atoms with E-state index in [1.54, 1.807) is 18.2 Å². The smallest absolute Gasteiger partial charge is 0.286 e. The van der Waals surface area contributed by atoms with Crippen LogP contribution in [-0.2, 0) is 17.6 Å². The van der Waals surface area contributed by atoms with E-state index in [2.05, 4.69) is 10.6 Å². The lowest BCUT2D eigenvalue weighted by molar-refractivity contribution is -0.118.